The Balaban J connectivity index is 2.73. The van der Waals surface area contributed by atoms with Gasteiger partial charge in [0.15, 0.2) is 0 Å². The Bertz CT molecular complexity index is 551. The number of unbranched alkanes of at least 4 members (excludes halogenated alkanes) is 5. The Morgan fingerprint density at radius 3 is 2.23 bits per heavy atom. The minimum atomic E-state index is 0.0261. The monoisotopic (exact) mass is 416 g/mol. The molecule has 0 atom stereocenters. The van der Waals surface area contributed by atoms with Gasteiger partial charge in [-0.15, -0.1) is 0 Å². The summed E-state index contributed by atoms with van der Waals surface area (Å²) in [5, 5.41) is 0. The lowest BCUT2D eigenvalue weighted by Crippen LogP contribution is -2.23. The fourth-order valence-corrected chi connectivity index (χ4v) is 4.49. The molecule has 0 radical (unpaired) electrons. The molecule has 0 saturated carbocycles. The number of aliphatic imine (C=N–C) groups is 1. The van der Waals surface area contributed by atoms with Gasteiger partial charge in [0.1, 0.15) is 0 Å². The SMILES string of the molecule is CCCCCCCC/C(=N/C)C(C)(C)/C=C/C(C)(C)/C=C1\CCCCCCCN1C. The van der Waals surface area contributed by atoms with Gasteiger partial charge in [0.25, 0.3) is 0 Å². The molecule has 174 valence electrons. The summed E-state index contributed by atoms with van der Waals surface area (Å²) >= 11 is 0. The molecule has 0 spiro atoms. The summed E-state index contributed by atoms with van der Waals surface area (Å²) in [7, 11) is 4.25. The maximum absolute atomic E-state index is 4.70. The average Bonchev–Trinajstić information content (AvgIpc) is 2.79. The molecule has 2 nitrogen and oxygen atoms in total. The second-order valence-electron chi connectivity index (χ2n) is 10.6. The van der Waals surface area contributed by atoms with E-state index in [-0.39, 0.29) is 10.8 Å². The summed E-state index contributed by atoms with van der Waals surface area (Å²) in [5.74, 6) is 0. The Morgan fingerprint density at radius 1 is 0.900 bits per heavy atom. The summed E-state index contributed by atoms with van der Waals surface area (Å²) in [6, 6.07) is 0. The maximum atomic E-state index is 4.70. The van der Waals surface area contributed by atoms with E-state index in [0.29, 0.717) is 0 Å². The van der Waals surface area contributed by atoms with Crippen LogP contribution in [0.15, 0.2) is 28.9 Å². The molecule has 1 rings (SSSR count). The third kappa shape index (κ3) is 10.8. The normalized spacial score (nSPS) is 19.2. The zero-order chi connectivity index (χ0) is 22.5. The van der Waals surface area contributed by atoms with Crippen LogP contribution in [0.25, 0.3) is 0 Å². The maximum Gasteiger partial charge on any atom is 0.0276 e. The first-order valence-corrected chi connectivity index (χ1v) is 12.8. The first-order valence-electron chi connectivity index (χ1n) is 12.8. The van der Waals surface area contributed by atoms with E-state index in [1.54, 1.807) is 0 Å². The number of hydrogen-bond acceptors (Lipinski definition) is 2. The topological polar surface area (TPSA) is 15.6 Å². The predicted octanol–water partition coefficient (Wildman–Crippen LogP) is 8.59. The summed E-state index contributed by atoms with van der Waals surface area (Å²) in [6.07, 6.45) is 24.6. The third-order valence-electron chi connectivity index (χ3n) is 6.67. The molecule has 1 fully saturated rings. The fourth-order valence-electron chi connectivity index (χ4n) is 4.49. The smallest absolute Gasteiger partial charge is 0.0276 e. The molecule has 1 heterocycles. The molecule has 0 aromatic carbocycles. The Morgan fingerprint density at radius 2 is 1.53 bits per heavy atom. The van der Waals surface area contributed by atoms with Crippen molar-refractivity contribution in [3.05, 3.63) is 23.9 Å². The van der Waals surface area contributed by atoms with Crippen LogP contribution >= 0.6 is 0 Å². The third-order valence-corrected chi connectivity index (χ3v) is 6.67. The van der Waals surface area contributed by atoms with Gasteiger partial charge in [-0.05, 0) is 32.1 Å². The van der Waals surface area contributed by atoms with Gasteiger partial charge in [0.05, 0.1) is 0 Å². The van der Waals surface area contributed by atoms with Crippen molar-refractivity contribution in [3.8, 4) is 0 Å². The van der Waals surface area contributed by atoms with E-state index < -0.39 is 0 Å². The molecule has 0 unspecified atom stereocenters. The van der Waals surface area contributed by atoms with Gasteiger partial charge in [-0.2, -0.15) is 0 Å². The van der Waals surface area contributed by atoms with E-state index in [1.165, 1.54) is 95.0 Å². The highest BCUT2D eigenvalue weighted by Crippen LogP contribution is 2.30. The summed E-state index contributed by atoms with van der Waals surface area (Å²) < 4.78 is 0. The predicted molar refractivity (Wildman–Crippen MR) is 136 cm³/mol. The van der Waals surface area contributed by atoms with E-state index in [1.807, 2.05) is 7.05 Å². The van der Waals surface area contributed by atoms with Gasteiger partial charge in [-0.25, -0.2) is 0 Å². The van der Waals surface area contributed by atoms with Crippen molar-refractivity contribution in [2.24, 2.45) is 15.8 Å². The minimum Gasteiger partial charge on any atom is -0.378 e. The average molecular weight is 417 g/mol. The van der Waals surface area contributed by atoms with E-state index in [0.717, 1.165) is 6.42 Å². The molecule has 30 heavy (non-hydrogen) atoms. The van der Waals surface area contributed by atoms with Crippen molar-refractivity contribution in [2.45, 2.75) is 118 Å². The number of rotatable bonds is 11. The zero-order valence-electron chi connectivity index (χ0n) is 21.5. The number of hydrogen-bond donors (Lipinski definition) is 0. The molecule has 1 saturated heterocycles. The standard InChI is InChI=1S/C28H52N2/c1-8-9-10-11-14-17-20-26(29-6)28(4,5)22-21-27(2,3)24-25-19-16-13-12-15-18-23-30(25)7/h21-22,24H,8-20,23H2,1-7H3/b22-21+,25-24+,29-26-. The Kier molecular flexibility index (Phi) is 12.7. The lowest BCUT2D eigenvalue weighted by molar-refractivity contribution is 0.386. The molecule has 0 aromatic heterocycles. The van der Waals surface area contributed by atoms with Gasteiger partial charge >= 0.3 is 0 Å². The van der Waals surface area contributed by atoms with Crippen molar-refractivity contribution >= 4 is 5.71 Å². The molecule has 2 heteroatoms. The lowest BCUT2D eigenvalue weighted by Gasteiger charge is -2.28. The Labute approximate surface area is 189 Å². The lowest BCUT2D eigenvalue weighted by atomic mass is 9.80. The molecular formula is C28H52N2. The van der Waals surface area contributed by atoms with Crippen LogP contribution < -0.4 is 0 Å². The molecule has 1 aliphatic rings. The zero-order valence-corrected chi connectivity index (χ0v) is 21.5. The molecular weight excluding hydrogens is 364 g/mol. The van der Waals surface area contributed by atoms with Gasteiger partial charge in [-0.3, -0.25) is 4.99 Å². The first-order chi connectivity index (χ1) is 14.2. The van der Waals surface area contributed by atoms with Crippen LogP contribution in [0.4, 0.5) is 0 Å². The number of allylic oxidation sites excluding steroid dienone is 4. The van der Waals surface area contributed by atoms with E-state index in [4.69, 9.17) is 4.99 Å². The van der Waals surface area contributed by atoms with Gasteiger partial charge in [0.2, 0.25) is 0 Å². The molecule has 1 aliphatic heterocycles. The van der Waals surface area contributed by atoms with Gasteiger partial charge in [-0.1, -0.05) is 104 Å². The molecule has 0 aromatic rings. The van der Waals surface area contributed by atoms with Gasteiger partial charge < -0.3 is 4.90 Å². The highest BCUT2D eigenvalue weighted by atomic mass is 15.1. The van der Waals surface area contributed by atoms with Gasteiger partial charge in [0, 0.05) is 42.9 Å². The minimum absolute atomic E-state index is 0.0261. The first kappa shape index (κ1) is 27.0. The second-order valence-corrected chi connectivity index (χ2v) is 10.6. The van der Waals surface area contributed by atoms with E-state index in [9.17, 15) is 0 Å². The molecule has 0 amide bonds. The number of nitrogens with zero attached hydrogens (tertiary/aromatic N) is 2. The van der Waals surface area contributed by atoms with Crippen LogP contribution in [-0.4, -0.2) is 31.3 Å². The largest absolute Gasteiger partial charge is 0.378 e. The summed E-state index contributed by atoms with van der Waals surface area (Å²) in [4.78, 5) is 7.20. The highest BCUT2D eigenvalue weighted by Gasteiger charge is 2.23. The van der Waals surface area contributed by atoms with Crippen molar-refractivity contribution in [1.29, 1.82) is 0 Å². The second kappa shape index (κ2) is 14.1. The van der Waals surface area contributed by atoms with Crippen LogP contribution in [0.5, 0.6) is 0 Å². The van der Waals surface area contributed by atoms with Crippen LogP contribution in [0.2, 0.25) is 0 Å². The van der Waals surface area contributed by atoms with Crippen molar-refractivity contribution in [1.82, 2.24) is 4.90 Å². The molecule has 0 bridgehead atoms. The van der Waals surface area contributed by atoms with Crippen molar-refractivity contribution in [3.63, 3.8) is 0 Å². The van der Waals surface area contributed by atoms with Crippen LogP contribution in [-0.2, 0) is 0 Å². The van der Waals surface area contributed by atoms with Crippen LogP contribution in [0.1, 0.15) is 118 Å². The summed E-state index contributed by atoms with van der Waals surface area (Å²) in [6.45, 7) is 12.8. The van der Waals surface area contributed by atoms with E-state index >= 15 is 0 Å². The quantitative estimate of drug-likeness (QED) is 0.187. The highest BCUT2D eigenvalue weighted by molar-refractivity contribution is 5.91. The van der Waals surface area contributed by atoms with Crippen molar-refractivity contribution in [2.75, 3.05) is 20.6 Å². The fraction of sp³-hybridized carbons (Fsp3) is 0.821. The van der Waals surface area contributed by atoms with Crippen LogP contribution in [0, 0.1) is 10.8 Å². The van der Waals surface area contributed by atoms with E-state index in [2.05, 4.69) is 64.8 Å². The summed E-state index contributed by atoms with van der Waals surface area (Å²) in [5.41, 5.74) is 2.96. The molecule has 0 N–H and O–H groups in total. The van der Waals surface area contributed by atoms with Crippen LogP contribution in [0.3, 0.4) is 0 Å². The van der Waals surface area contributed by atoms with Crippen molar-refractivity contribution < 1.29 is 0 Å². The Hall–Kier alpha value is -1.05. The molecule has 0 aliphatic carbocycles.